The van der Waals surface area contributed by atoms with Gasteiger partial charge >= 0.3 is 0 Å². The molecule has 0 heterocycles. The molecule has 21 heavy (non-hydrogen) atoms. The van der Waals surface area contributed by atoms with Gasteiger partial charge in [0, 0.05) is 5.56 Å². The zero-order valence-corrected chi connectivity index (χ0v) is 12.7. The molecule has 106 valence electrons. The van der Waals surface area contributed by atoms with Crippen molar-refractivity contribution in [2.24, 2.45) is 0 Å². The van der Waals surface area contributed by atoms with Gasteiger partial charge in [-0.05, 0) is 22.5 Å². The van der Waals surface area contributed by atoms with Crippen molar-refractivity contribution in [2.45, 2.75) is 6.54 Å². The molecule has 1 unspecified atom stereocenters. The average Bonchev–Trinajstić information content (AvgIpc) is 2.53. The maximum Gasteiger partial charge on any atom is 0.261 e. The van der Waals surface area contributed by atoms with E-state index in [9.17, 15) is 9.59 Å². The van der Waals surface area contributed by atoms with Gasteiger partial charge in [-0.3, -0.25) is 14.5 Å². The van der Waals surface area contributed by atoms with Gasteiger partial charge in [-0.2, -0.15) is 0 Å². The molecule has 1 atom stereocenters. The quantitative estimate of drug-likeness (QED) is 0.628. The Bertz CT molecular complexity index is 665. The molecule has 0 aliphatic heterocycles. The fourth-order valence-electron chi connectivity index (χ4n) is 1.96. The lowest BCUT2D eigenvalue weighted by Crippen LogP contribution is -2.31. The van der Waals surface area contributed by atoms with Crippen LogP contribution in [0.3, 0.4) is 0 Å². The molecular formula is C17H16NO2P. The Kier molecular flexibility index (Phi) is 5.02. The molecular weight excluding hydrogens is 281 g/mol. The summed E-state index contributed by atoms with van der Waals surface area (Å²) in [5, 5.41) is 0.774. The molecule has 0 saturated carbocycles. The van der Waals surface area contributed by atoms with Gasteiger partial charge in [-0.1, -0.05) is 55.1 Å². The second-order valence-electron chi connectivity index (χ2n) is 4.57. The third-order valence-electron chi connectivity index (χ3n) is 3.15. The highest BCUT2D eigenvalue weighted by Gasteiger charge is 2.17. The summed E-state index contributed by atoms with van der Waals surface area (Å²) >= 11 is 0. The summed E-state index contributed by atoms with van der Waals surface area (Å²) in [6, 6.07) is 14.7. The van der Waals surface area contributed by atoms with Gasteiger partial charge in [0.1, 0.15) is 0 Å². The first kappa shape index (κ1) is 15.1. The summed E-state index contributed by atoms with van der Waals surface area (Å²) in [5.74, 6) is -0.302. The minimum Gasteiger partial charge on any atom is -0.278 e. The van der Waals surface area contributed by atoms with Crippen LogP contribution >= 0.6 is 9.24 Å². The van der Waals surface area contributed by atoms with Crippen molar-refractivity contribution in [3.8, 4) is 0 Å². The molecule has 0 aliphatic carbocycles. The summed E-state index contributed by atoms with van der Waals surface area (Å²) in [6.07, 6.45) is 2.32. The number of hydrogen-bond donors (Lipinski definition) is 0. The number of carbonyl (C=O) groups excluding carboxylic acids is 2. The highest BCUT2D eigenvalue weighted by Crippen LogP contribution is 2.11. The molecule has 0 bridgehead atoms. The summed E-state index contributed by atoms with van der Waals surface area (Å²) in [4.78, 5) is 24.8. The first-order valence-corrected chi connectivity index (χ1v) is 7.05. The lowest BCUT2D eigenvalue weighted by molar-refractivity contribution is -0.116. The molecule has 0 aromatic heterocycles. The van der Waals surface area contributed by atoms with E-state index in [1.807, 2.05) is 36.4 Å². The van der Waals surface area contributed by atoms with Crippen LogP contribution in [0, 0.1) is 0 Å². The summed E-state index contributed by atoms with van der Waals surface area (Å²) < 4.78 is 0. The van der Waals surface area contributed by atoms with Gasteiger partial charge in [0.25, 0.3) is 5.91 Å². The van der Waals surface area contributed by atoms with Gasteiger partial charge in [-0.25, -0.2) is 0 Å². The average molecular weight is 297 g/mol. The van der Waals surface area contributed by atoms with Crippen molar-refractivity contribution in [1.82, 2.24) is 4.90 Å². The van der Waals surface area contributed by atoms with Crippen molar-refractivity contribution in [3.05, 3.63) is 71.8 Å². The van der Waals surface area contributed by atoms with Crippen LogP contribution in [0.25, 0.3) is 6.08 Å². The maximum absolute atomic E-state index is 12.4. The SMILES string of the molecule is C=Cc1ccc(CN(C=O)C(=O)c2ccccc2P)cc1. The van der Waals surface area contributed by atoms with Crippen LogP contribution in [-0.4, -0.2) is 17.2 Å². The predicted octanol–water partition coefficient (Wildman–Crippen LogP) is 2.63. The van der Waals surface area contributed by atoms with Crippen molar-refractivity contribution in [3.63, 3.8) is 0 Å². The number of imide groups is 1. The molecule has 0 aliphatic rings. The van der Waals surface area contributed by atoms with Crippen LogP contribution in [0.2, 0.25) is 0 Å². The topological polar surface area (TPSA) is 37.4 Å². The van der Waals surface area contributed by atoms with Crippen LogP contribution in [0.1, 0.15) is 21.5 Å². The fraction of sp³-hybridized carbons (Fsp3) is 0.0588. The minimum atomic E-state index is -0.302. The Morgan fingerprint density at radius 1 is 1.14 bits per heavy atom. The van der Waals surface area contributed by atoms with Crippen LogP contribution < -0.4 is 5.30 Å². The van der Waals surface area contributed by atoms with Gasteiger partial charge in [-0.15, -0.1) is 9.24 Å². The van der Waals surface area contributed by atoms with E-state index < -0.39 is 0 Å². The van der Waals surface area contributed by atoms with Crippen molar-refractivity contribution < 1.29 is 9.59 Å². The Hall–Kier alpha value is -2.25. The molecule has 0 fully saturated rings. The molecule has 0 N–H and O–H groups in total. The van der Waals surface area contributed by atoms with Crippen LogP contribution in [0.15, 0.2) is 55.1 Å². The predicted molar refractivity (Wildman–Crippen MR) is 88.3 cm³/mol. The zero-order valence-electron chi connectivity index (χ0n) is 11.5. The largest absolute Gasteiger partial charge is 0.278 e. The Balaban J connectivity index is 2.19. The number of carbonyl (C=O) groups is 2. The van der Waals surface area contributed by atoms with Crippen molar-refractivity contribution in [2.75, 3.05) is 0 Å². The summed E-state index contributed by atoms with van der Waals surface area (Å²) in [7, 11) is 2.51. The smallest absolute Gasteiger partial charge is 0.261 e. The minimum absolute atomic E-state index is 0.249. The highest BCUT2D eigenvalue weighted by atomic mass is 31.0. The Labute approximate surface area is 126 Å². The standard InChI is InChI=1S/C17H16NO2P/c1-2-13-7-9-14(10-8-13)11-18(12-19)17(20)15-5-3-4-6-16(15)21/h2-10,12H,1,11,21H2. The lowest BCUT2D eigenvalue weighted by Gasteiger charge is -2.17. The molecule has 0 spiro atoms. The van der Waals surface area contributed by atoms with Crippen molar-refractivity contribution in [1.29, 1.82) is 0 Å². The van der Waals surface area contributed by atoms with E-state index in [0.717, 1.165) is 16.4 Å². The second kappa shape index (κ2) is 6.96. The number of nitrogens with zero attached hydrogens (tertiary/aromatic N) is 1. The fourth-order valence-corrected chi connectivity index (χ4v) is 2.29. The molecule has 3 nitrogen and oxygen atoms in total. The van der Waals surface area contributed by atoms with E-state index in [1.54, 1.807) is 18.2 Å². The lowest BCUT2D eigenvalue weighted by atomic mass is 10.1. The number of amides is 2. The number of hydrogen-bond acceptors (Lipinski definition) is 2. The van der Waals surface area contributed by atoms with Gasteiger partial charge in [0.05, 0.1) is 6.54 Å². The molecule has 4 heteroatoms. The molecule has 0 saturated heterocycles. The molecule has 2 rings (SSSR count). The van der Waals surface area contributed by atoms with E-state index in [4.69, 9.17) is 0 Å². The van der Waals surface area contributed by atoms with E-state index in [-0.39, 0.29) is 12.5 Å². The molecule has 2 amide bonds. The van der Waals surface area contributed by atoms with Gasteiger partial charge in [0.15, 0.2) is 0 Å². The van der Waals surface area contributed by atoms with Gasteiger partial charge in [0.2, 0.25) is 6.41 Å². The number of benzene rings is 2. The molecule has 2 aromatic carbocycles. The monoisotopic (exact) mass is 297 g/mol. The molecule has 2 aromatic rings. The van der Waals surface area contributed by atoms with E-state index in [0.29, 0.717) is 12.0 Å². The molecule has 0 radical (unpaired) electrons. The van der Waals surface area contributed by atoms with Crippen molar-refractivity contribution >= 4 is 32.9 Å². The van der Waals surface area contributed by atoms with E-state index >= 15 is 0 Å². The van der Waals surface area contributed by atoms with Crippen LogP contribution in [0.5, 0.6) is 0 Å². The first-order chi connectivity index (χ1) is 10.2. The maximum atomic E-state index is 12.4. The zero-order chi connectivity index (χ0) is 15.2. The first-order valence-electron chi connectivity index (χ1n) is 6.48. The highest BCUT2D eigenvalue weighted by molar-refractivity contribution is 7.27. The van der Waals surface area contributed by atoms with Crippen LogP contribution in [0.4, 0.5) is 0 Å². The normalized spacial score (nSPS) is 9.95. The number of rotatable bonds is 5. The Morgan fingerprint density at radius 3 is 2.38 bits per heavy atom. The summed E-state index contributed by atoms with van der Waals surface area (Å²) in [5.41, 5.74) is 2.40. The second-order valence-corrected chi connectivity index (χ2v) is 5.19. The summed E-state index contributed by atoms with van der Waals surface area (Å²) in [6.45, 7) is 3.94. The third kappa shape index (κ3) is 3.65. The van der Waals surface area contributed by atoms with E-state index in [2.05, 4.69) is 15.8 Å². The van der Waals surface area contributed by atoms with Crippen LogP contribution in [-0.2, 0) is 11.3 Å². The van der Waals surface area contributed by atoms with Gasteiger partial charge < -0.3 is 0 Å². The third-order valence-corrected chi connectivity index (χ3v) is 3.65. The Morgan fingerprint density at radius 2 is 1.81 bits per heavy atom. The van der Waals surface area contributed by atoms with E-state index in [1.165, 1.54) is 4.90 Å².